The molecule has 0 radical (unpaired) electrons. The molecule has 0 N–H and O–H groups in total. The highest BCUT2D eigenvalue weighted by molar-refractivity contribution is 5.01. The van der Waals surface area contributed by atoms with Crippen LogP contribution in [0, 0.1) is 5.92 Å². The molecule has 2 saturated heterocycles. The lowest BCUT2D eigenvalue weighted by molar-refractivity contribution is -0.0969. The normalized spacial score (nSPS) is 25.7. The third-order valence-electron chi connectivity index (χ3n) is 4.64. The van der Waals surface area contributed by atoms with Crippen molar-refractivity contribution in [3.05, 3.63) is 0 Å². The van der Waals surface area contributed by atoms with E-state index in [1.807, 2.05) is 0 Å². The number of nitrogens with zero attached hydrogens (tertiary/aromatic N) is 1. The number of fused-ring (bicyclic) bond motifs is 1. The minimum absolute atomic E-state index is 0.0202. The van der Waals surface area contributed by atoms with E-state index >= 15 is 0 Å². The van der Waals surface area contributed by atoms with Gasteiger partial charge in [0.15, 0.2) is 0 Å². The van der Waals surface area contributed by atoms with Gasteiger partial charge in [0.1, 0.15) is 0 Å². The van der Waals surface area contributed by atoms with Crippen molar-refractivity contribution in [2.24, 2.45) is 5.92 Å². The van der Waals surface area contributed by atoms with Gasteiger partial charge in [-0.3, -0.25) is 4.90 Å². The molecule has 2 heteroatoms. The summed E-state index contributed by atoms with van der Waals surface area (Å²) in [6, 6.07) is 0. The predicted octanol–water partition coefficient (Wildman–Crippen LogP) is 3.84. The SMILES string of the molecule is CC(C)C(CC12CCCN1CCC2)OC(C)(C)C. The molecule has 18 heavy (non-hydrogen) atoms. The second kappa shape index (κ2) is 5.13. The summed E-state index contributed by atoms with van der Waals surface area (Å²) in [5, 5.41) is 0. The van der Waals surface area contributed by atoms with E-state index in [1.54, 1.807) is 0 Å². The zero-order valence-electron chi connectivity index (χ0n) is 13.0. The molecule has 0 saturated carbocycles. The fraction of sp³-hybridized carbons (Fsp3) is 1.00. The van der Waals surface area contributed by atoms with Gasteiger partial charge in [0.2, 0.25) is 0 Å². The van der Waals surface area contributed by atoms with Crippen molar-refractivity contribution < 1.29 is 4.74 Å². The van der Waals surface area contributed by atoms with Crippen molar-refractivity contribution >= 4 is 0 Å². The van der Waals surface area contributed by atoms with Gasteiger partial charge in [0, 0.05) is 5.54 Å². The molecule has 2 aliphatic heterocycles. The highest BCUT2D eigenvalue weighted by Crippen LogP contribution is 2.43. The van der Waals surface area contributed by atoms with Gasteiger partial charge in [-0.2, -0.15) is 0 Å². The smallest absolute Gasteiger partial charge is 0.0622 e. The first-order chi connectivity index (χ1) is 8.32. The third-order valence-corrected chi connectivity index (χ3v) is 4.64. The van der Waals surface area contributed by atoms with Crippen LogP contribution in [0.15, 0.2) is 0 Å². The first-order valence-electron chi connectivity index (χ1n) is 7.75. The van der Waals surface area contributed by atoms with E-state index in [9.17, 15) is 0 Å². The zero-order valence-corrected chi connectivity index (χ0v) is 13.0. The minimum Gasteiger partial charge on any atom is -0.372 e. The zero-order chi connectivity index (χ0) is 13.4. The summed E-state index contributed by atoms with van der Waals surface area (Å²) < 4.78 is 6.34. The summed E-state index contributed by atoms with van der Waals surface area (Å²) in [6.07, 6.45) is 7.21. The van der Waals surface area contributed by atoms with Gasteiger partial charge in [-0.05, 0) is 71.9 Å². The second-order valence-corrected chi connectivity index (χ2v) is 7.64. The molecule has 0 aliphatic carbocycles. The Bertz CT molecular complexity index is 269. The maximum atomic E-state index is 6.34. The summed E-state index contributed by atoms with van der Waals surface area (Å²) in [6.45, 7) is 13.8. The second-order valence-electron chi connectivity index (χ2n) is 7.64. The molecule has 2 fully saturated rings. The largest absolute Gasteiger partial charge is 0.372 e. The van der Waals surface area contributed by atoms with Crippen LogP contribution in [-0.2, 0) is 4.74 Å². The molecule has 106 valence electrons. The van der Waals surface area contributed by atoms with Crippen LogP contribution < -0.4 is 0 Å². The molecule has 0 bridgehead atoms. The lowest BCUT2D eigenvalue weighted by Crippen LogP contribution is -2.44. The molecule has 2 heterocycles. The van der Waals surface area contributed by atoms with Gasteiger partial charge in [-0.1, -0.05) is 13.8 Å². The van der Waals surface area contributed by atoms with E-state index in [2.05, 4.69) is 39.5 Å². The first-order valence-corrected chi connectivity index (χ1v) is 7.75. The summed E-state index contributed by atoms with van der Waals surface area (Å²) >= 11 is 0. The number of ether oxygens (including phenoxy) is 1. The average molecular weight is 253 g/mol. The van der Waals surface area contributed by atoms with Gasteiger partial charge in [0.05, 0.1) is 11.7 Å². The Hall–Kier alpha value is -0.0800. The van der Waals surface area contributed by atoms with Crippen LogP contribution in [0.25, 0.3) is 0 Å². The molecule has 0 aromatic rings. The van der Waals surface area contributed by atoms with Crippen molar-refractivity contribution in [2.75, 3.05) is 13.1 Å². The quantitative estimate of drug-likeness (QED) is 0.754. The fourth-order valence-corrected chi connectivity index (χ4v) is 3.80. The predicted molar refractivity (Wildman–Crippen MR) is 76.9 cm³/mol. The van der Waals surface area contributed by atoms with E-state index in [0.717, 1.165) is 0 Å². The van der Waals surface area contributed by atoms with E-state index in [-0.39, 0.29) is 5.60 Å². The Morgan fingerprint density at radius 2 is 1.67 bits per heavy atom. The standard InChI is InChI=1S/C16H31NO/c1-13(2)14(18-15(3,4)5)12-16-8-6-10-17(16)11-7-9-16/h13-14H,6-12H2,1-5H3. The molecule has 1 atom stereocenters. The van der Waals surface area contributed by atoms with Crippen molar-refractivity contribution in [1.29, 1.82) is 0 Å². The highest BCUT2D eigenvalue weighted by atomic mass is 16.5. The molecule has 1 unspecified atom stereocenters. The van der Waals surface area contributed by atoms with Crippen LogP contribution in [0.2, 0.25) is 0 Å². The number of hydrogen-bond donors (Lipinski definition) is 0. The molecule has 0 aromatic carbocycles. The van der Waals surface area contributed by atoms with Crippen LogP contribution in [0.5, 0.6) is 0 Å². The van der Waals surface area contributed by atoms with E-state index < -0.39 is 0 Å². The van der Waals surface area contributed by atoms with Crippen LogP contribution in [0.4, 0.5) is 0 Å². The molecule has 2 aliphatic rings. The molecule has 0 aromatic heterocycles. The molecule has 0 amide bonds. The topological polar surface area (TPSA) is 12.5 Å². The van der Waals surface area contributed by atoms with Crippen LogP contribution in [0.3, 0.4) is 0 Å². The Kier molecular flexibility index (Phi) is 4.08. The molecule has 2 nitrogen and oxygen atoms in total. The minimum atomic E-state index is -0.0202. The lowest BCUT2D eigenvalue weighted by Gasteiger charge is -2.39. The monoisotopic (exact) mass is 253 g/mol. The van der Waals surface area contributed by atoms with Gasteiger partial charge in [0.25, 0.3) is 0 Å². The Morgan fingerprint density at radius 1 is 1.11 bits per heavy atom. The molecular weight excluding hydrogens is 222 g/mol. The Morgan fingerprint density at radius 3 is 2.11 bits per heavy atom. The van der Waals surface area contributed by atoms with Gasteiger partial charge >= 0.3 is 0 Å². The maximum Gasteiger partial charge on any atom is 0.0622 e. The maximum absolute atomic E-state index is 6.34. The van der Waals surface area contributed by atoms with Crippen molar-refractivity contribution in [2.45, 2.75) is 84.0 Å². The van der Waals surface area contributed by atoms with Gasteiger partial charge in [-0.15, -0.1) is 0 Å². The summed E-state index contributed by atoms with van der Waals surface area (Å²) in [5.74, 6) is 0.613. The highest BCUT2D eigenvalue weighted by Gasteiger charge is 2.46. The van der Waals surface area contributed by atoms with Gasteiger partial charge < -0.3 is 4.74 Å². The number of hydrogen-bond acceptors (Lipinski definition) is 2. The summed E-state index contributed by atoms with van der Waals surface area (Å²) in [5.41, 5.74) is 0.466. The van der Waals surface area contributed by atoms with Crippen LogP contribution >= 0.6 is 0 Å². The van der Waals surface area contributed by atoms with Crippen molar-refractivity contribution in [3.63, 3.8) is 0 Å². The van der Waals surface area contributed by atoms with Crippen LogP contribution in [-0.4, -0.2) is 35.2 Å². The third kappa shape index (κ3) is 3.08. The number of rotatable bonds is 4. The Labute approximate surface area is 113 Å². The fourth-order valence-electron chi connectivity index (χ4n) is 3.80. The Balaban J connectivity index is 2.04. The summed E-state index contributed by atoms with van der Waals surface area (Å²) in [4.78, 5) is 2.74. The van der Waals surface area contributed by atoms with E-state index in [4.69, 9.17) is 4.74 Å². The molecular formula is C16H31NO. The molecule has 0 spiro atoms. The lowest BCUT2D eigenvalue weighted by atomic mass is 9.84. The van der Waals surface area contributed by atoms with Gasteiger partial charge in [-0.25, -0.2) is 0 Å². The van der Waals surface area contributed by atoms with Crippen molar-refractivity contribution in [1.82, 2.24) is 4.90 Å². The summed E-state index contributed by atoms with van der Waals surface area (Å²) in [7, 11) is 0. The van der Waals surface area contributed by atoms with Crippen LogP contribution in [0.1, 0.15) is 66.7 Å². The first kappa shape index (κ1) is 14.3. The average Bonchev–Trinajstić information content (AvgIpc) is 2.72. The van der Waals surface area contributed by atoms with Crippen molar-refractivity contribution in [3.8, 4) is 0 Å². The van der Waals surface area contributed by atoms with E-state index in [1.165, 1.54) is 45.2 Å². The molecule has 2 rings (SSSR count). The van der Waals surface area contributed by atoms with E-state index in [0.29, 0.717) is 17.6 Å².